The lowest BCUT2D eigenvalue weighted by molar-refractivity contribution is -0.141. The Morgan fingerprint density at radius 3 is 1.58 bits per heavy atom. The van der Waals surface area contributed by atoms with Gasteiger partial charge in [0.05, 0.1) is 10.5 Å². The SMILES string of the molecule is O=C(O)CCCCCCCCCCCCCCCCC(=O)NCCCC[C@@H](C(=O)O)C1SSC2(SS1)SS2.[HH]. The maximum Gasteiger partial charge on any atom is 0.308 e. The smallest absolute Gasteiger partial charge is 0.308 e. The number of rotatable bonds is 24. The zero-order valence-electron chi connectivity index (χ0n) is 22.4. The molecule has 2 heterocycles. The van der Waals surface area contributed by atoms with Crippen LogP contribution in [0.5, 0.6) is 0 Å². The Hall–Kier alpha value is 0.510. The number of carbonyl (C=O) groups excluding carboxylic acids is 1. The lowest BCUT2D eigenvalue weighted by atomic mass is 10.0. The molecule has 1 amide bonds. The normalized spacial score (nSPS) is 17.4. The fourth-order valence-electron chi connectivity index (χ4n) is 4.33. The van der Waals surface area contributed by atoms with Gasteiger partial charge in [-0.25, -0.2) is 0 Å². The van der Waals surface area contributed by atoms with Crippen molar-refractivity contribution in [3.63, 3.8) is 0 Å². The Balaban J connectivity index is 0.00000760. The molecule has 0 bridgehead atoms. The van der Waals surface area contributed by atoms with E-state index in [9.17, 15) is 19.5 Å². The number of carbonyl (C=O) groups is 3. The van der Waals surface area contributed by atoms with Gasteiger partial charge in [-0.15, -0.1) is 0 Å². The summed E-state index contributed by atoms with van der Waals surface area (Å²) in [6.07, 6.45) is 19.8. The molecule has 0 aliphatic carbocycles. The average molecular weight is 646 g/mol. The molecule has 6 nitrogen and oxygen atoms in total. The summed E-state index contributed by atoms with van der Waals surface area (Å²) in [6.45, 7) is 0.640. The van der Waals surface area contributed by atoms with E-state index < -0.39 is 11.9 Å². The molecule has 0 aromatic carbocycles. The second-order valence-electron chi connectivity index (χ2n) is 10.0. The van der Waals surface area contributed by atoms with Crippen molar-refractivity contribution in [2.24, 2.45) is 5.92 Å². The van der Waals surface area contributed by atoms with Gasteiger partial charge in [-0.05, 0) is 47.3 Å². The molecule has 0 aromatic heterocycles. The van der Waals surface area contributed by atoms with Gasteiger partial charge in [0.15, 0.2) is 2.74 Å². The summed E-state index contributed by atoms with van der Waals surface area (Å²) in [5.41, 5.74) is 0. The van der Waals surface area contributed by atoms with Gasteiger partial charge < -0.3 is 15.5 Å². The van der Waals surface area contributed by atoms with Gasteiger partial charge in [-0.2, -0.15) is 0 Å². The minimum atomic E-state index is -0.703. The maximum absolute atomic E-state index is 12.1. The topological polar surface area (TPSA) is 104 Å². The number of carboxylic acid groups (broad SMARTS) is 2. The molecule has 2 saturated heterocycles. The van der Waals surface area contributed by atoms with E-state index in [2.05, 4.69) is 5.32 Å². The molecule has 222 valence electrons. The van der Waals surface area contributed by atoms with Crippen LogP contribution in [0.2, 0.25) is 0 Å². The number of aliphatic carboxylic acids is 2. The largest absolute Gasteiger partial charge is 0.481 e. The van der Waals surface area contributed by atoms with Crippen molar-refractivity contribution in [1.82, 2.24) is 5.32 Å². The van der Waals surface area contributed by atoms with E-state index in [1.807, 2.05) is 21.6 Å². The molecule has 0 unspecified atom stereocenters. The minimum Gasteiger partial charge on any atom is -0.481 e. The lowest BCUT2D eigenvalue weighted by Crippen LogP contribution is -2.26. The monoisotopic (exact) mass is 645 g/mol. The first-order chi connectivity index (χ1) is 18.4. The predicted octanol–water partition coefficient (Wildman–Crippen LogP) is 9.65. The van der Waals surface area contributed by atoms with Gasteiger partial charge in [0.2, 0.25) is 5.91 Å². The molecule has 1 spiro atoms. The van der Waals surface area contributed by atoms with Crippen molar-refractivity contribution in [1.29, 1.82) is 0 Å². The van der Waals surface area contributed by atoms with Crippen LogP contribution in [0.4, 0.5) is 0 Å². The Morgan fingerprint density at radius 2 is 1.13 bits per heavy atom. The third kappa shape index (κ3) is 16.7. The fourth-order valence-corrected chi connectivity index (χ4v) is 18.2. The van der Waals surface area contributed by atoms with Gasteiger partial charge in [0.1, 0.15) is 0 Å². The Labute approximate surface area is 254 Å². The van der Waals surface area contributed by atoms with Gasteiger partial charge >= 0.3 is 11.9 Å². The molecule has 38 heavy (non-hydrogen) atoms. The van der Waals surface area contributed by atoms with E-state index in [1.54, 1.807) is 43.2 Å². The average Bonchev–Trinajstić information content (AvgIpc) is 3.65. The standard InChI is InChI=1S/C26H45NO5S6.H2/c28-22(18-13-11-9-7-5-3-1-2-4-6-8-10-12-14-19-23(29)30)27-20-16-15-17-21(24(31)32)25-33-35-26(36-34-25)37-38-26;/h21,25H,1-20H2,(H,27,28)(H,29,30)(H,31,32);1H/t21-;/m0./s1. The molecular weight excluding hydrogens is 599 g/mol. The van der Waals surface area contributed by atoms with Crippen LogP contribution in [0.3, 0.4) is 0 Å². The Bertz CT molecular complexity index is 694. The first-order valence-electron chi connectivity index (χ1n) is 14.2. The fraction of sp³-hybridized carbons (Fsp3) is 0.885. The molecule has 2 fully saturated rings. The van der Waals surface area contributed by atoms with Crippen LogP contribution in [-0.2, 0) is 14.4 Å². The molecule has 2 aliphatic heterocycles. The van der Waals surface area contributed by atoms with Gasteiger partial charge in [-0.3, -0.25) is 14.4 Å². The molecule has 0 saturated carbocycles. The van der Waals surface area contributed by atoms with Crippen molar-refractivity contribution in [3.8, 4) is 0 Å². The molecule has 2 aliphatic rings. The highest BCUT2D eigenvalue weighted by molar-refractivity contribution is 9.14. The summed E-state index contributed by atoms with van der Waals surface area (Å²) in [6, 6.07) is 0. The second-order valence-corrected chi connectivity index (χ2v) is 19.5. The number of carboxylic acids is 2. The highest BCUT2D eigenvalue weighted by Gasteiger charge is 2.53. The van der Waals surface area contributed by atoms with Gasteiger partial charge in [-0.1, -0.05) is 127 Å². The van der Waals surface area contributed by atoms with Crippen LogP contribution in [-0.4, -0.2) is 41.9 Å². The molecule has 2 rings (SSSR count). The summed E-state index contributed by atoms with van der Waals surface area (Å²) in [5.74, 6) is -1.60. The summed E-state index contributed by atoms with van der Waals surface area (Å²) < 4.78 is 0.289. The quantitative estimate of drug-likeness (QED) is 0.0531. The summed E-state index contributed by atoms with van der Waals surface area (Å²) in [4.78, 5) is 34.3. The van der Waals surface area contributed by atoms with E-state index >= 15 is 0 Å². The van der Waals surface area contributed by atoms with Crippen molar-refractivity contribution in [2.45, 2.75) is 129 Å². The highest BCUT2D eigenvalue weighted by Crippen LogP contribution is 2.84. The van der Waals surface area contributed by atoms with E-state index in [4.69, 9.17) is 5.11 Å². The van der Waals surface area contributed by atoms with Gasteiger partial charge in [0.25, 0.3) is 0 Å². The zero-order chi connectivity index (χ0) is 27.5. The van der Waals surface area contributed by atoms with Crippen LogP contribution in [0.1, 0.15) is 123 Å². The minimum absolute atomic E-state index is 0. The highest BCUT2D eigenvalue weighted by atomic mass is 33.2. The number of hydrogen-bond acceptors (Lipinski definition) is 9. The van der Waals surface area contributed by atoms with Crippen LogP contribution in [0.25, 0.3) is 0 Å². The van der Waals surface area contributed by atoms with E-state index in [1.165, 1.54) is 57.8 Å². The molecule has 1 atom stereocenters. The second kappa shape index (κ2) is 21.2. The zero-order valence-corrected chi connectivity index (χ0v) is 27.3. The summed E-state index contributed by atoms with van der Waals surface area (Å²) >= 11 is 0. The first kappa shape index (κ1) is 34.7. The van der Waals surface area contributed by atoms with Gasteiger partial charge in [0, 0.05) is 20.8 Å². The van der Waals surface area contributed by atoms with E-state index in [0.29, 0.717) is 25.8 Å². The molecule has 0 radical (unpaired) electrons. The Kier molecular flexibility index (Phi) is 19.4. The predicted molar refractivity (Wildman–Crippen MR) is 174 cm³/mol. The van der Waals surface area contributed by atoms with Crippen LogP contribution in [0.15, 0.2) is 0 Å². The number of amides is 1. The molecule has 12 heteroatoms. The number of hydrogen-bond donors (Lipinski definition) is 3. The van der Waals surface area contributed by atoms with Crippen molar-refractivity contribution in [2.75, 3.05) is 6.54 Å². The lowest BCUT2D eigenvalue weighted by Gasteiger charge is -2.27. The van der Waals surface area contributed by atoms with Crippen molar-refractivity contribution < 1.29 is 26.0 Å². The summed E-state index contributed by atoms with van der Waals surface area (Å²) in [5, 5.41) is 21.3. The number of nitrogens with one attached hydrogen (secondary N) is 1. The summed E-state index contributed by atoms with van der Waals surface area (Å²) in [7, 11) is 10.8. The third-order valence-electron chi connectivity index (χ3n) is 6.66. The van der Waals surface area contributed by atoms with E-state index in [0.717, 1.165) is 44.9 Å². The molecule has 3 N–H and O–H groups in total. The van der Waals surface area contributed by atoms with E-state index in [-0.39, 0.29) is 20.6 Å². The van der Waals surface area contributed by atoms with Crippen LogP contribution < -0.4 is 5.32 Å². The van der Waals surface area contributed by atoms with Crippen LogP contribution >= 0.6 is 64.8 Å². The molecule has 0 aromatic rings. The Morgan fingerprint density at radius 1 is 0.658 bits per heavy atom. The maximum atomic E-state index is 12.1. The van der Waals surface area contributed by atoms with Crippen molar-refractivity contribution in [3.05, 3.63) is 0 Å². The first-order valence-corrected chi connectivity index (χ1v) is 20.8. The van der Waals surface area contributed by atoms with Crippen molar-refractivity contribution >= 4 is 82.6 Å². The number of unbranched alkanes of at least 4 members (excludes halogenated alkanes) is 14. The van der Waals surface area contributed by atoms with Crippen LogP contribution in [0, 0.1) is 5.92 Å². The molecular formula is C26H47NO5S6. The third-order valence-corrected chi connectivity index (χ3v) is 20.5.